The van der Waals surface area contributed by atoms with Gasteiger partial charge in [-0.25, -0.2) is 4.98 Å². The zero-order valence-corrected chi connectivity index (χ0v) is 17.3. The molecule has 0 aliphatic carbocycles. The highest BCUT2D eigenvalue weighted by molar-refractivity contribution is 8.00. The van der Waals surface area contributed by atoms with Crippen LogP contribution in [0.2, 0.25) is 0 Å². The Bertz CT molecular complexity index is 951. The van der Waals surface area contributed by atoms with Gasteiger partial charge in [0.1, 0.15) is 0 Å². The Morgan fingerprint density at radius 3 is 2.39 bits per heavy atom. The normalized spacial score (nSPS) is 10.5. The van der Waals surface area contributed by atoms with Crippen molar-refractivity contribution in [3.63, 3.8) is 0 Å². The second-order valence-corrected chi connectivity index (χ2v) is 8.04. The van der Waals surface area contributed by atoms with Gasteiger partial charge in [0.2, 0.25) is 11.8 Å². The standard InChI is InChI=1S/C21H21N3O2S2/c1-3-15-4-6-16(7-5-15)19-12-28-21(23-19)24-20(26)13-27-18-10-8-17(9-11-18)22-14(2)25/h4-12H,3,13H2,1-2H3,(H,22,25)(H,23,24,26). The van der Waals surface area contributed by atoms with E-state index in [1.165, 1.54) is 35.6 Å². The summed E-state index contributed by atoms with van der Waals surface area (Å²) in [4.78, 5) is 28.7. The molecule has 28 heavy (non-hydrogen) atoms. The van der Waals surface area contributed by atoms with Crippen LogP contribution in [0.15, 0.2) is 58.8 Å². The number of nitrogens with zero attached hydrogens (tertiary/aromatic N) is 1. The molecule has 144 valence electrons. The maximum atomic E-state index is 12.2. The fraction of sp³-hybridized carbons (Fsp3) is 0.190. The lowest BCUT2D eigenvalue weighted by Crippen LogP contribution is -2.13. The molecule has 1 aromatic heterocycles. The first kappa shape index (κ1) is 20.1. The minimum atomic E-state index is -0.107. The number of carbonyl (C=O) groups excluding carboxylic acids is 2. The van der Waals surface area contributed by atoms with Crippen LogP contribution in [-0.2, 0) is 16.0 Å². The van der Waals surface area contributed by atoms with E-state index < -0.39 is 0 Å². The molecular formula is C21H21N3O2S2. The van der Waals surface area contributed by atoms with Crippen molar-refractivity contribution >= 4 is 45.7 Å². The first-order chi connectivity index (χ1) is 13.5. The molecule has 5 nitrogen and oxygen atoms in total. The van der Waals surface area contributed by atoms with Gasteiger partial charge in [-0.05, 0) is 36.2 Å². The zero-order chi connectivity index (χ0) is 19.9. The van der Waals surface area contributed by atoms with Crippen molar-refractivity contribution in [1.29, 1.82) is 0 Å². The third-order valence-corrected chi connectivity index (χ3v) is 5.72. The summed E-state index contributed by atoms with van der Waals surface area (Å²) < 4.78 is 0. The number of benzene rings is 2. The van der Waals surface area contributed by atoms with Crippen LogP contribution >= 0.6 is 23.1 Å². The van der Waals surface area contributed by atoms with Crippen molar-refractivity contribution in [2.75, 3.05) is 16.4 Å². The largest absolute Gasteiger partial charge is 0.326 e. The number of hydrogen-bond donors (Lipinski definition) is 2. The van der Waals surface area contributed by atoms with Gasteiger partial charge in [-0.15, -0.1) is 23.1 Å². The van der Waals surface area contributed by atoms with Crippen LogP contribution in [0.25, 0.3) is 11.3 Å². The van der Waals surface area contributed by atoms with Crippen LogP contribution in [0.3, 0.4) is 0 Å². The number of aromatic nitrogens is 1. The molecule has 0 aliphatic rings. The first-order valence-electron chi connectivity index (χ1n) is 8.88. The van der Waals surface area contributed by atoms with E-state index in [9.17, 15) is 9.59 Å². The molecule has 3 rings (SSSR count). The van der Waals surface area contributed by atoms with Crippen molar-refractivity contribution in [1.82, 2.24) is 4.98 Å². The van der Waals surface area contributed by atoms with Crippen LogP contribution in [0.1, 0.15) is 19.4 Å². The van der Waals surface area contributed by atoms with Crippen molar-refractivity contribution in [2.45, 2.75) is 25.2 Å². The molecule has 0 saturated heterocycles. The van der Waals surface area contributed by atoms with Gasteiger partial charge >= 0.3 is 0 Å². The second kappa shape index (κ2) is 9.52. The Kier molecular flexibility index (Phi) is 6.84. The number of thiazole rings is 1. The van der Waals surface area contributed by atoms with Crippen LogP contribution in [0.5, 0.6) is 0 Å². The number of hydrogen-bond acceptors (Lipinski definition) is 5. The van der Waals surface area contributed by atoms with Crippen molar-refractivity contribution < 1.29 is 9.59 Å². The molecular weight excluding hydrogens is 390 g/mol. The van der Waals surface area contributed by atoms with E-state index in [4.69, 9.17) is 0 Å². The molecule has 3 aromatic rings. The molecule has 0 spiro atoms. The van der Waals surface area contributed by atoms with E-state index in [0.29, 0.717) is 10.9 Å². The molecule has 0 radical (unpaired) electrons. The predicted molar refractivity (Wildman–Crippen MR) is 117 cm³/mol. The smallest absolute Gasteiger partial charge is 0.236 e. The van der Waals surface area contributed by atoms with Crippen LogP contribution in [0.4, 0.5) is 10.8 Å². The summed E-state index contributed by atoms with van der Waals surface area (Å²) in [6.45, 7) is 3.60. The quantitative estimate of drug-likeness (QED) is 0.533. The second-order valence-electron chi connectivity index (χ2n) is 6.13. The van der Waals surface area contributed by atoms with E-state index in [-0.39, 0.29) is 11.8 Å². The number of amides is 2. The Hall–Kier alpha value is -2.64. The average Bonchev–Trinajstić information content (AvgIpc) is 3.15. The Balaban J connectivity index is 1.52. The number of nitrogens with one attached hydrogen (secondary N) is 2. The average molecular weight is 412 g/mol. The summed E-state index contributed by atoms with van der Waals surface area (Å²) in [5.41, 5.74) is 3.94. The van der Waals surface area contributed by atoms with Crippen molar-refractivity contribution in [3.8, 4) is 11.3 Å². The van der Waals surface area contributed by atoms with Gasteiger partial charge < -0.3 is 10.6 Å². The number of anilines is 2. The van der Waals surface area contributed by atoms with Gasteiger partial charge in [0.25, 0.3) is 0 Å². The lowest BCUT2D eigenvalue weighted by molar-refractivity contribution is -0.114. The van der Waals surface area contributed by atoms with Gasteiger partial charge in [-0.3, -0.25) is 9.59 Å². The van der Waals surface area contributed by atoms with Gasteiger partial charge in [0.05, 0.1) is 11.4 Å². The molecule has 2 amide bonds. The molecule has 0 bridgehead atoms. The SMILES string of the molecule is CCc1ccc(-c2csc(NC(=O)CSc3ccc(NC(C)=O)cc3)n2)cc1. The maximum absolute atomic E-state index is 12.2. The third-order valence-electron chi connectivity index (χ3n) is 3.95. The van der Waals surface area contributed by atoms with E-state index in [0.717, 1.165) is 28.3 Å². The maximum Gasteiger partial charge on any atom is 0.236 e. The Labute approximate surface area is 172 Å². The molecule has 2 N–H and O–H groups in total. The highest BCUT2D eigenvalue weighted by atomic mass is 32.2. The van der Waals surface area contributed by atoms with Crippen LogP contribution in [-0.4, -0.2) is 22.6 Å². The van der Waals surface area contributed by atoms with E-state index in [2.05, 4.69) is 46.8 Å². The van der Waals surface area contributed by atoms with E-state index in [1.54, 1.807) is 0 Å². The molecule has 0 fully saturated rings. The van der Waals surface area contributed by atoms with E-state index in [1.807, 2.05) is 29.6 Å². The molecule has 7 heteroatoms. The van der Waals surface area contributed by atoms with Crippen LogP contribution in [0, 0.1) is 0 Å². The Morgan fingerprint density at radius 1 is 1.04 bits per heavy atom. The number of thioether (sulfide) groups is 1. The van der Waals surface area contributed by atoms with Gasteiger partial charge in [0.15, 0.2) is 5.13 Å². The number of rotatable bonds is 7. The van der Waals surface area contributed by atoms with Crippen molar-refractivity contribution in [2.24, 2.45) is 0 Å². The predicted octanol–water partition coefficient (Wildman–Crippen LogP) is 5.06. The molecule has 2 aromatic carbocycles. The number of aryl methyl sites for hydroxylation is 1. The monoisotopic (exact) mass is 411 g/mol. The summed E-state index contributed by atoms with van der Waals surface area (Å²) in [5.74, 6) is 0.0848. The van der Waals surface area contributed by atoms with Crippen LogP contribution < -0.4 is 10.6 Å². The summed E-state index contributed by atoms with van der Waals surface area (Å²) in [6.07, 6.45) is 1.01. The fourth-order valence-corrected chi connectivity index (χ4v) is 3.95. The van der Waals surface area contributed by atoms with Crippen molar-refractivity contribution in [3.05, 3.63) is 59.5 Å². The van der Waals surface area contributed by atoms with Gasteiger partial charge in [0, 0.05) is 28.5 Å². The minimum absolute atomic E-state index is 0.0989. The lowest BCUT2D eigenvalue weighted by atomic mass is 10.1. The first-order valence-corrected chi connectivity index (χ1v) is 10.7. The summed E-state index contributed by atoms with van der Waals surface area (Å²) in [5, 5.41) is 8.12. The summed E-state index contributed by atoms with van der Waals surface area (Å²) in [7, 11) is 0. The summed E-state index contributed by atoms with van der Waals surface area (Å²) in [6, 6.07) is 15.7. The summed E-state index contributed by atoms with van der Waals surface area (Å²) >= 11 is 2.85. The highest BCUT2D eigenvalue weighted by Crippen LogP contribution is 2.26. The van der Waals surface area contributed by atoms with Gasteiger partial charge in [-0.2, -0.15) is 0 Å². The van der Waals surface area contributed by atoms with E-state index >= 15 is 0 Å². The molecule has 0 aliphatic heterocycles. The topological polar surface area (TPSA) is 71.1 Å². The third kappa shape index (κ3) is 5.68. The minimum Gasteiger partial charge on any atom is -0.326 e. The highest BCUT2D eigenvalue weighted by Gasteiger charge is 2.09. The number of carbonyl (C=O) groups is 2. The molecule has 0 unspecified atom stereocenters. The molecule has 1 heterocycles. The molecule has 0 saturated carbocycles. The fourth-order valence-electron chi connectivity index (χ4n) is 2.52. The van der Waals surface area contributed by atoms with Gasteiger partial charge in [-0.1, -0.05) is 31.2 Å². The Morgan fingerprint density at radius 2 is 1.75 bits per heavy atom. The lowest BCUT2D eigenvalue weighted by Gasteiger charge is -2.05. The zero-order valence-electron chi connectivity index (χ0n) is 15.7. The molecule has 0 atom stereocenters.